The lowest BCUT2D eigenvalue weighted by Crippen LogP contribution is -2.22. The molecule has 0 aromatic heterocycles. The van der Waals surface area contributed by atoms with E-state index in [0.29, 0.717) is 6.54 Å². The van der Waals surface area contributed by atoms with Gasteiger partial charge in [-0.3, -0.25) is 0 Å². The van der Waals surface area contributed by atoms with E-state index in [1.54, 1.807) is 18.2 Å². The number of fused-ring (bicyclic) bond motifs is 3. The van der Waals surface area contributed by atoms with Gasteiger partial charge >= 0.3 is 0 Å². The molecule has 17 heavy (non-hydrogen) atoms. The largest absolute Gasteiger partial charge is 0.508 e. The highest BCUT2D eigenvalue weighted by Crippen LogP contribution is 2.43. The van der Waals surface area contributed by atoms with Gasteiger partial charge < -0.3 is 15.6 Å². The Morgan fingerprint density at radius 2 is 1.94 bits per heavy atom. The van der Waals surface area contributed by atoms with Crippen LogP contribution in [0.1, 0.15) is 11.7 Å². The molecule has 3 heteroatoms. The summed E-state index contributed by atoms with van der Waals surface area (Å²) < 4.78 is 5.83. The van der Waals surface area contributed by atoms with E-state index >= 15 is 0 Å². The van der Waals surface area contributed by atoms with Crippen LogP contribution in [-0.4, -0.2) is 11.7 Å². The molecular formula is C14H13NO2. The summed E-state index contributed by atoms with van der Waals surface area (Å²) in [4.78, 5) is 0. The second-order valence-electron chi connectivity index (χ2n) is 4.11. The second kappa shape index (κ2) is 3.79. The second-order valence-corrected chi connectivity index (χ2v) is 4.11. The molecule has 0 spiro atoms. The van der Waals surface area contributed by atoms with Crippen LogP contribution in [0.2, 0.25) is 0 Å². The fraction of sp³-hybridized carbons (Fsp3) is 0.143. The van der Waals surface area contributed by atoms with Crippen molar-refractivity contribution in [2.24, 2.45) is 5.73 Å². The molecule has 0 saturated heterocycles. The maximum Gasteiger partial charge on any atom is 0.137 e. The van der Waals surface area contributed by atoms with Crippen molar-refractivity contribution in [1.29, 1.82) is 0 Å². The summed E-state index contributed by atoms with van der Waals surface area (Å²) in [6.07, 6.45) is -0.108. The summed E-state index contributed by atoms with van der Waals surface area (Å²) in [6, 6.07) is 13.1. The molecule has 0 bridgehead atoms. The van der Waals surface area contributed by atoms with E-state index in [1.807, 2.05) is 24.3 Å². The lowest BCUT2D eigenvalue weighted by molar-refractivity contribution is 0.210. The highest BCUT2D eigenvalue weighted by molar-refractivity contribution is 5.76. The molecule has 3 N–H and O–H groups in total. The van der Waals surface area contributed by atoms with Gasteiger partial charge in [0.05, 0.1) is 0 Å². The molecule has 86 valence electrons. The van der Waals surface area contributed by atoms with Crippen molar-refractivity contribution in [2.45, 2.75) is 6.10 Å². The number of hydrogen-bond donors (Lipinski definition) is 2. The number of nitrogens with two attached hydrogens (primary N) is 1. The third-order valence-corrected chi connectivity index (χ3v) is 3.04. The molecule has 1 aliphatic rings. The Hall–Kier alpha value is -2.00. The summed E-state index contributed by atoms with van der Waals surface area (Å²) in [7, 11) is 0. The van der Waals surface area contributed by atoms with Crippen LogP contribution < -0.4 is 10.5 Å². The molecule has 0 aliphatic carbocycles. The molecule has 1 unspecified atom stereocenters. The Morgan fingerprint density at radius 1 is 1.12 bits per heavy atom. The molecule has 1 atom stereocenters. The van der Waals surface area contributed by atoms with E-state index in [9.17, 15) is 5.11 Å². The van der Waals surface area contributed by atoms with Crippen molar-refractivity contribution in [3.63, 3.8) is 0 Å². The van der Waals surface area contributed by atoms with E-state index in [1.165, 1.54) is 0 Å². The smallest absolute Gasteiger partial charge is 0.137 e. The Morgan fingerprint density at radius 3 is 2.76 bits per heavy atom. The predicted molar refractivity (Wildman–Crippen MR) is 66.0 cm³/mol. The standard InChI is InChI=1S/C14H13NO2/c15-8-14-11-4-2-1-3-10(11)12-7-9(16)5-6-13(12)17-14/h1-7,14,16H,8,15H2. The molecule has 0 fully saturated rings. The SMILES string of the molecule is NCC1Oc2ccc(O)cc2-c2ccccc21. The number of phenols is 1. The van der Waals surface area contributed by atoms with Gasteiger partial charge in [0.1, 0.15) is 17.6 Å². The van der Waals surface area contributed by atoms with Crippen molar-refractivity contribution in [3.8, 4) is 22.6 Å². The minimum atomic E-state index is -0.108. The maximum atomic E-state index is 9.56. The zero-order chi connectivity index (χ0) is 11.8. The Bertz CT molecular complexity index is 566. The lowest BCUT2D eigenvalue weighted by Gasteiger charge is -2.27. The van der Waals surface area contributed by atoms with Crippen LogP contribution >= 0.6 is 0 Å². The summed E-state index contributed by atoms with van der Waals surface area (Å²) in [6.45, 7) is 0.442. The summed E-state index contributed by atoms with van der Waals surface area (Å²) in [5.74, 6) is 1.02. The van der Waals surface area contributed by atoms with Crippen LogP contribution in [0.25, 0.3) is 11.1 Å². The van der Waals surface area contributed by atoms with Gasteiger partial charge in [-0.2, -0.15) is 0 Å². The first kappa shape index (κ1) is 10.2. The number of hydrogen-bond acceptors (Lipinski definition) is 3. The Kier molecular flexibility index (Phi) is 2.27. The first-order chi connectivity index (χ1) is 8.29. The molecule has 2 aromatic rings. The number of aromatic hydroxyl groups is 1. The van der Waals surface area contributed by atoms with Gasteiger partial charge in [-0.1, -0.05) is 24.3 Å². The van der Waals surface area contributed by atoms with Crippen molar-refractivity contribution in [2.75, 3.05) is 6.54 Å². The molecule has 3 nitrogen and oxygen atoms in total. The first-order valence-corrected chi connectivity index (χ1v) is 5.58. The zero-order valence-electron chi connectivity index (χ0n) is 9.26. The first-order valence-electron chi connectivity index (χ1n) is 5.58. The van der Waals surface area contributed by atoms with Gasteiger partial charge in [0.2, 0.25) is 0 Å². The van der Waals surface area contributed by atoms with Crippen LogP contribution in [0.4, 0.5) is 0 Å². The molecule has 1 aliphatic heterocycles. The number of phenolic OH excluding ortho intramolecular Hbond substituents is 1. The average molecular weight is 227 g/mol. The van der Waals surface area contributed by atoms with Crippen molar-refractivity contribution in [1.82, 2.24) is 0 Å². The summed E-state index contributed by atoms with van der Waals surface area (Å²) in [5, 5.41) is 9.56. The monoisotopic (exact) mass is 227 g/mol. The summed E-state index contributed by atoms with van der Waals surface area (Å²) in [5.41, 5.74) is 8.81. The van der Waals surface area contributed by atoms with Crippen LogP contribution in [-0.2, 0) is 0 Å². The number of benzene rings is 2. The van der Waals surface area contributed by atoms with E-state index in [-0.39, 0.29) is 11.9 Å². The Labute approximate surface area is 99.5 Å². The van der Waals surface area contributed by atoms with Gasteiger partial charge in [-0.15, -0.1) is 0 Å². The normalized spacial score (nSPS) is 16.9. The van der Waals surface area contributed by atoms with E-state index in [0.717, 1.165) is 22.4 Å². The van der Waals surface area contributed by atoms with Crippen molar-refractivity contribution in [3.05, 3.63) is 48.0 Å². The van der Waals surface area contributed by atoms with Gasteiger partial charge in [0.25, 0.3) is 0 Å². The predicted octanol–water partition coefficient (Wildman–Crippen LogP) is 2.45. The topological polar surface area (TPSA) is 55.5 Å². The van der Waals surface area contributed by atoms with Gasteiger partial charge in [0.15, 0.2) is 0 Å². The Balaban J connectivity index is 2.24. The molecule has 0 saturated carbocycles. The van der Waals surface area contributed by atoms with Crippen LogP contribution in [0.3, 0.4) is 0 Å². The number of ether oxygens (including phenoxy) is 1. The highest BCUT2D eigenvalue weighted by Gasteiger charge is 2.24. The highest BCUT2D eigenvalue weighted by atomic mass is 16.5. The number of rotatable bonds is 1. The van der Waals surface area contributed by atoms with Crippen LogP contribution in [0, 0.1) is 0 Å². The maximum absolute atomic E-state index is 9.56. The molecule has 3 rings (SSSR count). The molecule has 2 aromatic carbocycles. The third-order valence-electron chi connectivity index (χ3n) is 3.04. The van der Waals surface area contributed by atoms with Gasteiger partial charge in [-0.05, 0) is 23.8 Å². The third kappa shape index (κ3) is 1.56. The quantitative estimate of drug-likeness (QED) is 0.786. The lowest BCUT2D eigenvalue weighted by atomic mass is 9.93. The van der Waals surface area contributed by atoms with E-state index in [2.05, 4.69) is 0 Å². The molecule has 0 amide bonds. The zero-order valence-corrected chi connectivity index (χ0v) is 9.26. The molecule has 0 radical (unpaired) electrons. The van der Waals surface area contributed by atoms with Crippen LogP contribution in [0.5, 0.6) is 11.5 Å². The van der Waals surface area contributed by atoms with E-state index in [4.69, 9.17) is 10.5 Å². The average Bonchev–Trinajstić information content (AvgIpc) is 2.38. The van der Waals surface area contributed by atoms with E-state index < -0.39 is 0 Å². The molecular weight excluding hydrogens is 214 g/mol. The van der Waals surface area contributed by atoms with Crippen molar-refractivity contribution >= 4 is 0 Å². The minimum absolute atomic E-state index is 0.108. The summed E-state index contributed by atoms with van der Waals surface area (Å²) >= 11 is 0. The fourth-order valence-electron chi connectivity index (χ4n) is 2.25. The fourth-order valence-corrected chi connectivity index (χ4v) is 2.25. The minimum Gasteiger partial charge on any atom is -0.508 e. The van der Waals surface area contributed by atoms with Gasteiger partial charge in [-0.25, -0.2) is 0 Å². The van der Waals surface area contributed by atoms with Gasteiger partial charge in [0, 0.05) is 17.7 Å². The van der Waals surface area contributed by atoms with Crippen LogP contribution in [0.15, 0.2) is 42.5 Å². The van der Waals surface area contributed by atoms with Crippen molar-refractivity contribution < 1.29 is 9.84 Å². The molecule has 1 heterocycles.